The predicted octanol–water partition coefficient (Wildman–Crippen LogP) is 2.45. The third-order valence-electron chi connectivity index (χ3n) is 5.76. The van der Waals surface area contributed by atoms with Crippen molar-refractivity contribution in [2.75, 3.05) is 0 Å². The number of allylic oxidation sites excluding steroid dienone is 1. The molecular formula is C15H20O3. The molecule has 1 heterocycles. The van der Waals surface area contributed by atoms with Crippen LogP contribution in [0.3, 0.4) is 0 Å². The van der Waals surface area contributed by atoms with Gasteiger partial charge >= 0.3 is 0 Å². The molecule has 5 unspecified atom stereocenters. The number of fused-ring (bicyclic) bond motifs is 2. The lowest BCUT2D eigenvalue weighted by molar-refractivity contribution is -0.155. The molecule has 3 aliphatic carbocycles. The number of Topliss-reactive ketones (excluding diaryl/α,β-unsaturated/α-hetero) is 1. The van der Waals surface area contributed by atoms with Gasteiger partial charge < -0.3 is 9.47 Å². The first-order valence-electron chi connectivity index (χ1n) is 6.99. The number of ketones is 1. The number of carbonyl (C=O) groups is 1. The van der Waals surface area contributed by atoms with Crippen molar-refractivity contribution in [1.29, 1.82) is 0 Å². The van der Waals surface area contributed by atoms with E-state index in [2.05, 4.69) is 19.1 Å². The van der Waals surface area contributed by atoms with Crippen LogP contribution in [0, 0.1) is 16.7 Å². The molecule has 4 aliphatic rings. The van der Waals surface area contributed by atoms with E-state index in [1.54, 1.807) is 0 Å². The van der Waals surface area contributed by atoms with Gasteiger partial charge in [0.15, 0.2) is 5.79 Å². The molecule has 0 aromatic heterocycles. The Morgan fingerprint density at radius 2 is 2.00 bits per heavy atom. The second kappa shape index (κ2) is 2.91. The molecule has 1 aliphatic heterocycles. The van der Waals surface area contributed by atoms with Gasteiger partial charge in [-0.1, -0.05) is 19.1 Å². The number of hydrogen-bond donors (Lipinski definition) is 0. The van der Waals surface area contributed by atoms with Crippen LogP contribution in [0.1, 0.15) is 40.0 Å². The van der Waals surface area contributed by atoms with E-state index >= 15 is 0 Å². The molecule has 1 saturated heterocycles. The normalized spacial score (nSPS) is 55.7. The van der Waals surface area contributed by atoms with E-state index < -0.39 is 5.79 Å². The molecule has 98 valence electrons. The molecule has 0 amide bonds. The van der Waals surface area contributed by atoms with Gasteiger partial charge in [0.1, 0.15) is 11.9 Å². The zero-order valence-corrected chi connectivity index (χ0v) is 11.2. The minimum Gasteiger partial charge on any atom is -0.344 e. The highest BCUT2D eigenvalue weighted by Crippen LogP contribution is 2.79. The average molecular weight is 248 g/mol. The molecule has 3 nitrogen and oxygen atoms in total. The summed E-state index contributed by atoms with van der Waals surface area (Å²) >= 11 is 0. The van der Waals surface area contributed by atoms with Crippen LogP contribution in [0.5, 0.6) is 0 Å². The van der Waals surface area contributed by atoms with Crippen molar-refractivity contribution >= 4 is 5.78 Å². The van der Waals surface area contributed by atoms with E-state index in [-0.39, 0.29) is 23.0 Å². The highest BCUT2D eigenvalue weighted by atomic mass is 16.8. The minimum absolute atomic E-state index is 0.0233. The Morgan fingerprint density at radius 3 is 2.78 bits per heavy atom. The zero-order chi connectivity index (χ0) is 12.8. The third-order valence-corrected chi connectivity index (χ3v) is 5.76. The predicted molar refractivity (Wildman–Crippen MR) is 65.9 cm³/mol. The molecule has 4 rings (SSSR count). The van der Waals surface area contributed by atoms with Crippen LogP contribution >= 0.6 is 0 Å². The second-order valence-corrected chi connectivity index (χ2v) is 6.90. The maximum absolute atomic E-state index is 12.3. The molecular weight excluding hydrogens is 228 g/mol. The maximum atomic E-state index is 12.3. The summed E-state index contributed by atoms with van der Waals surface area (Å²) in [4.78, 5) is 12.3. The van der Waals surface area contributed by atoms with Gasteiger partial charge in [0.05, 0.1) is 6.10 Å². The summed E-state index contributed by atoms with van der Waals surface area (Å²) in [5, 5.41) is 0. The van der Waals surface area contributed by atoms with Gasteiger partial charge in [-0.2, -0.15) is 0 Å². The van der Waals surface area contributed by atoms with Crippen molar-refractivity contribution in [3.63, 3.8) is 0 Å². The van der Waals surface area contributed by atoms with E-state index in [1.807, 2.05) is 13.8 Å². The summed E-state index contributed by atoms with van der Waals surface area (Å²) < 4.78 is 12.1. The van der Waals surface area contributed by atoms with Gasteiger partial charge in [-0.05, 0) is 32.6 Å². The fourth-order valence-corrected chi connectivity index (χ4v) is 4.94. The van der Waals surface area contributed by atoms with Crippen LogP contribution in [0.2, 0.25) is 0 Å². The zero-order valence-electron chi connectivity index (χ0n) is 11.2. The van der Waals surface area contributed by atoms with Gasteiger partial charge in [0.25, 0.3) is 0 Å². The van der Waals surface area contributed by atoms with Crippen LogP contribution < -0.4 is 0 Å². The Labute approximate surface area is 108 Å². The monoisotopic (exact) mass is 248 g/mol. The lowest BCUT2D eigenvalue weighted by atomic mass is 9.74. The Balaban J connectivity index is 1.79. The average Bonchev–Trinajstić information content (AvgIpc) is 2.70. The van der Waals surface area contributed by atoms with Crippen molar-refractivity contribution in [3.8, 4) is 0 Å². The van der Waals surface area contributed by atoms with Crippen molar-refractivity contribution in [2.45, 2.75) is 58.0 Å². The Morgan fingerprint density at radius 1 is 1.22 bits per heavy atom. The van der Waals surface area contributed by atoms with Crippen LogP contribution in [-0.4, -0.2) is 23.8 Å². The first kappa shape index (κ1) is 11.2. The first-order valence-corrected chi connectivity index (χ1v) is 6.99. The topological polar surface area (TPSA) is 35.5 Å². The van der Waals surface area contributed by atoms with E-state index in [4.69, 9.17) is 9.47 Å². The number of rotatable bonds is 0. The van der Waals surface area contributed by atoms with E-state index in [0.29, 0.717) is 11.7 Å². The minimum atomic E-state index is -0.521. The molecule has 3 fully saturated rings. The molecule has 18 heavy (non-hydrogen) atoms. The van der Waals surface area contributed by atoms with Gasteiger partial charge in [0.2, 0.25) is 0 Å². The van der Waals surface area contributed by atoms with Crippen LogP contribution in [0.25, 0.3) is 0 Å². The molecule has 0 aromatic carbocycles. The Kier molecular flexibility index (Phi) is 1.81. The molecule has 0 aromatic rings. The molecule has 0 bridgehead atoms. The van der Waals surface area contributed by atoms with Crippen LogP contribution in [-0.2, 0) is 14.3 Å². The van der Waals surface area contributed by atoms with Crippen molar-refractivity contribution < 1.29 is 14.3 Å². The van der Waals surface area contributed by atoms with Gasteiger partial charge in [0, 0.05) is 17.3 Å². The van der Waals surface area contributed by atoms with E-state index in [9.17, 15) is 4.79 Å². The number of hydrogen-bond acceptors (Lipinski definition) is 3. The SMILES string of the molecule is CC1(C)OC2C=CC3C4(C)C(=O)CCCC34C2O1. The van der Waals surface area contributed by atoms with Crippen LogP contribution in [0.15, 0.2) is 12.2 Å². The fourth-order valence-electron chi connectivity index (χ4n) is 4.94. The summed E-state index contributed by atoms with van der Waals surface area (Å²) in [5.41, 5.74) is -0.166. The summed E-state index contributed by atoms with van der Waals surface area (Å²) in [6.45, 7) is 6.07. The maximum Gasteiger partial charge on any atom is 0.164 e. The lowest BCUT2D eigenvalue weighted by Crippen LogP contribution is -2.40. The highest BCUT2D eigenvalue weighted by Gasteiger charge is 2.82. The molecule has 0 radical (unpaired) electrons. The quantitative estimate of drug-likeness (QED) is 0.618. The smallest absolute Gasteiger partial charge is 0.164 e. The summed E-state index contributed by atoms with van der Waals surface area (Å²) in [7, 11) is 0. The van der Waals surface area contributed by atoms with E-state index in [0.717, 1.165) is 19.3 Å². The van der Waals surface area contributed by atoms with Gasteiger partial charge in [-0.15, -0.1) is 0 Å². The standard InChI is InChI=1S/C15H20O3/c1-13(2)17-9-6-7-10-14(3)11(16)5-4-8-15(10,14)12(9)18-13/h6-7,9-10,12H,4-5,8H2,1-3H3. The number of ether oxygens (including phenoxy) is 2. The fraction of sp³-hybridized carbons (Fsp3) is 0.800. The third kappa shape index (κ3) is 0.992. The summed E-state index contributed by atoms with van der Waals surface area (Å²) in [5.74, 6) is 0.281. The first-order chi connectivity index (χ1) is 8.42. The largest absolute Gasteiger partial charge is 0.344 e. The summed E-state index contributed by atoms with van der Waals surface area (Å²) in [6.07, 6.45) is 7.28. The van der Waals surface area contributed by atoms with Crippen molar-refractivity contribution in [2.24, 2.45) is 16.7 Å². The summed E-state index contributed by atoms with van der Waals surface area (Å²) in [6, 6.07) is 0. The van der Waals surface area contributed by atoms with Gasteiger partial charge in [-0.25, -0.2) is 0 Å². The van der Waals surface area contributed by atoms with Crippen LogP contribution in [0.4, 0.5) is 0 Å². The number of carbonyl (C=O) groups excluding carboxylic acids is 1. The molecule has 3 heteroatoms. The van der Waals surface area contributed by atoms with E-state index in [1.165, 1.54) is 0 Å². The van der Waals surface area contributed by atoms with Gasteiger partial charge in [-0.3, -0.25) is 4.79 Å². The lowest BCUT2D eigenvalue weighted by Gasteiger charge is -2.33. The van der Waals surface area contributed by atoms with Crippen molar-refractivity contribution in [3.05, 3.63) is 12.2 Å². The highest BCUT2D eigenvalue weighted by molar-refractivity contribution is 5.91. The molecule has 5 atom stereocenters. The molecule has 2 saturated carbocycles. The Bertz CT molecular complexity index is 466. The van der Waals surface area contributed by atoms with Crippen molar-refractivity contribution in [1.82, 2.24) is 0 Å². The molecule has 1 spiro atoms. The Hall–Kier alpha value is -0.670. The second-order valence-electron chi connectivity index (χ2n) is 6.90. The molecule has 0 N–H and O–H groups in total.